The van der Waals surface area contributed by atoms with Gasteiger partial charge in [0.2, 0.25) is 0 Å². The summed E-state index contributed by atoms with van der Waals surface area (Å²) in [5.41, 5.74) is 2.79. The Morgan fingerprint density at radius 3 is 2.53 bits per heavy atom. The van der Waals surface area contributed by atoms with Gasteiger partial charge in [-0.2, -0.15) is 0 Å². The fourth-order valence-electron chi connectivity index (χ4n) is 5.18. The van der Waals surface area contributed by atoms with Crippen molar-refractivity contribution in [2.75, 3.05) is 20.2 Å². The van der Waals surface area contributed by atoms with Crippen molar-refractivity contribution in [3.05, 3.63) is 82.7 Å². The number of nitrogens with zero attached hydrogens (tertiary/aromatic N) is 4. The van der Waals surface area contributed by atoms with Crippen LogP contribution in [0.4, 0.5) is 18.0 Å². The third-order valence-electron chi connectivity index (χ3n) is 7.01. The molecule has 0 unspecified atom stereocenters. The number of hydrogen-bond acceptors (Lipinski definition) is 4. The van der Waals surface area contributed by atoms with Gasteiger partial charge in [0.05, 0.1) is 36.9 Å². The van der Waals surface area contributed by atoms with E-state index in [0.717, 1.165) is 28.4 Å². The minimum atomic E-state index is -1.62. The zero-order valence-corrected chi connectivity index (χ0v) is 20.7. The molecule has 198 valence electrons. The molecule has 1 aromatic heterocycles. The first-order chi connectivity index (χ1) is 18.2. The molecule has 2 aromatic carbocycles. The first kappa shape index (κ1) is 25.4. The molecule has 2 aliphatic heterocycles. The predicted octanol–water partition coefficient (Wildman–Crippen LogP) is 4.72. The van der Waals surface area contributed by atoms with Crippen LogP contribution in [0.2, 0.25) is 0 Å². The summed E-state index contributed by atoms with van der Waals surface area (Å²) >= 11 is 0. The highest BCUT2D eigenvalue weighted by molar-refractivity contribution is 5.99. The summed E-state index contributed by atoms with van der Waals surface area (Å²) < 4.78 is 49.2. The van der Waals surface area contributed by atoms with Gasteiger partial charge in [0.15, 0.2) is 17.5 Å². The lowest BCUT2D eigenvalue weighted by atomic mass is 9.89. The lowest BCUT2D eigenvalue weighted by molar-refractivity contribution is -0.138. The van der Waals surface area contributed by atoms with Crippen LogP contribution in [-0.2, 0) is 4.79 Å². The number of ether oxygens (including phenoxy) is 1. The van der Waals surface area contributed by atoms with Crippen molar-refractivity contribution >= 4 is 18.1 Å². The first-order valence-corrected chi connectivity index (χ1v) is 12.0. The summed E-state index contributed by atoms with van der Waals surface area (Å²) in [7, 11) is 1.55. The van der Waals surface area contributed by atoms with Crippen LogP contribution >= 0.6 is 0 Å². The summed E-state index contributed by atoms with van der Waals surface area (Å²) in [6.07, 6.45) is 4.90. The van der Waals surface area contributed by atoms with Crippen LogP contribution in [0, 0.1) is 24.4 Å². The zero-order valence-electron chi connectivity index (χ0n) is 20.7. The minimum Gasteiger partial charge on any atom is -0.495 e. The quantitative estimate of drug-likeness (QED) is 0.393. The van der Waals surface area contributed by atoms with Gasteiger partial charge >= 0.3 is 6.09 Å². The molecule has 3 aromatic rings. The van der Waals surface area contributed by atoms with Crippen LogP contribution in [-0.4, -0.2) is 62.7 Å². The molecule has 2 saturated heterocycles. The Bertz CT molecular complexity index is 1430. The van der Waals surface area contributed by atoms with Gasteiger partial charge in [0.25, 0.3) is 5.91 Å². The normalized spacial score (nSPS) is 20.6. The molecule has 0 saturated carbocycles. The second kappa shape index (κ2) is 9.88. The molecule has 2 aliphatic rings. The molecule has 2 fully saturated rings. The molecule has 0 aliphatic carbocycles. The average Bonchev–Trinajstić information content (AvgIpc) is 3.33. The maximum Gasteiger partial charge on any atom is 0.407 e. The summed E-state index contributed by atoms with van der Waals surface area (Å²) in [5, 5.41) is 9.60. The molecular weight excluding hydrogens is 501 g/mol. The second-order valence-corrected chi connectivity index (χ2v) is 9.43. The van der Waals surface area contributed by atoms with E-state index in [-0.39, 0.29) is 24.6 Å². The van der Waals surface area contributed by atoms with Gasteiger partial charge < -0.3 is 24.2 Å². The molecule has 0 radical (unpaired) electrons. The van der Waals surface area contributed by atoms with Gasteiger partial charge in [-0.1, -0.05) is 6.07 Å². The number of hydrogen-bond donors (Lipinski definition) is 1. The Kier molecular flexibility index (Phi) is 6.60. The number of carbonyl (C=O) groups is 2. The Morgan fingerprint density at radius 2 is 1.89 bits per heavy atom. The van der Waals surface area contributed by atoms with Gasteiger partial charge in [-0.3, -0.25) is 4.79 Å². The maximum atomic E-state index is 14.1. The maximum absolute atomic E-state index is 14.1. The van der Waals surface area contributed by atoms with Crippen molar-refractivity contribution in [2.24, 2.45) is 0 Å². The summed E-state index contributed by atoms with van der Waals surface area (Å²) in [4.78, 5) is 32.3. The molecule has 2 atom stereocenters. The number of piperazine rings is 1. The number of fused-ring (bicyclic) bond motifs is 1. The third-order valence-corrected chi connectivity index (χ3v) is 7.01. The number of amides is 2. The average molecular weight is 527 g/mol. The van der Waals surface area contributed by atoms with Crippen molar-refractivity contribution in [1.29, 1.82) is 0 Å². The summed E-state index contributed by atoms with van der Waals surface area (Å²) in [5.74, 6) is -4.21. The van der Waals surface area contributed by atoms with Crippen molar-refractivity contribution < 1.29 is 32.6 Å². The standard InChI is InChI=1S/C27H25F3N4O4/c1-15-11-33(14-31-15)22-6-3-16(8-24(22)38-2)7-17-4-5-19-12-32(27(36)37)13-23(34(19)26(17)35)18-9-20(28)25(30)21(29)10-18/h3,6-11,14,19,23H,4-5,12-13H2,1-2H3,(H,36,37)/b17-7+/t19-,23+/m1/s1. The number of imidazole rings is 1. The van der Waals surface area contributed by atoms with E-state index in [2.05, 4.69) is 4.98 Å². The molecule has 2 amide bonds. The molecule has 8 nitrogen and oxygen atoms in total. The Morgan fingerprint density at radius 1 is 1.16 bits per heavy atom. The highest BCUT2D eigenvalue weighted by Gasteiger charge is 2.43. The Hall–Kier alpha value is -4.28. The molecule has 1 N–H and O–H groups in total. The fourth-order valence-corrected chi connectivity index (χ4v) is 5.18. The lowest BCUT2D eigenvalue weighted by Crippen LogP contribution is -2.59. The minimum absolute atomic E-state index is 0.00593. The van der Waals surface area contributed by atoms with Gasteiger partial charge in [-0.25, -0.2) is 22.9 Å². The van der Waals surface area contributed by atoms with E-state index < -0.39 is 35.6 Å². The van der Waals surface area contributed by atoms with Crippen molar-refractivity contribution in [1.82, 2.24) is 19.4 Å². The van der Waals surface area contributed by atoms with E-state index in [0.29, 0.717) is 29.7 Å². The van der Waals surface area contributed by atoms with Crippen molar-refractivity contribution in [2.45, 2.75) is 31.8 Å². The highest BCUT2D eigenvalue weighted by Crippen LogP contribution is 2.38. The summed E-state index contributed by atoms with van der Waals surface area (Å²) in [6, 6.07) is 5.64. The Labute approximate surface area is 216 Å². The van der Waals surface area contributed by atoms with Crippen LogP contribution in [0.1, 0.15) is 35.7 Å². The molecule has 11 heteroatoms. The van der Waals surface area contributed by atoms with Gasteiger partial charge in [-0.05, 0) is 61.2 Å². The SMILES string of the molecule is COc1cc(/C=C2\CC[C@@H]3CN(C(=O)O)C[C@@H](c4cc(F)c(F)c(F)c4)N3C2=O)ccc1-n1cnc(C)c1. The number of methoxy groups -OCH3 is 1. The number of carboxylic acid groups (broad SMARTS) is 1. The molecule has 0 bridgehead atoms. The Balaban J connectivity index is 1.49. The number of aryl methyl sites for hydroxylation is 1. The van der Waals surface area contributed by atoms with Gasteiger partial charge in [0.1, 0.15) is 5.75 Å². The van der Waals surface area contributed by atoms with Crippen LogP contribution in [0.25, 0.3) is 11.8 Å². The second-order valence-electron chi connectivity index (χ2n) is 9.43. The van der Waals surface area contributed by atoms with Crippen LogP contribution in [0.5, 0.6) is 5.75 Å². The van der Waals surface area contributed by atoms with E-state index in [4.69, 9.17) is 4.74 Å². The van der Waals surface area contributed by atoms with E-state index in [1.165, 1.54) is 4.90 Å². The van der Waals surface area contributed by atoms with Crippen LogP contribution < -0.4 is 4.74 Å². The monoisotopic (exact) mass is 526 g/mol. The lowest BCUT2D eigenvalue weighted by Gasteiger charge is -2.48. The highest BCUT2D eigenvalue weighted by atomic mass is 19.2. The first-order valence-electron chi connectivity index (χ1n) is 12.0. The summed E-state index contributed by atoms with van der Waals surface area (Å²) in [6.45, 7) is 1.76. The number of rotatable bonds is 4. The number of piperidine rings is 1. The third kappa shape index (κ3) is 4.59. The van der Waals surface area contributed by atoms with Crippen LogP contribution in [0.15, 0.2) is 48.4 Å². The van der Waals surface area contributed by atoms with E-state index >= 15 is 0 Å². The van der Waals surface area contributed by atoms with Gasteiger partial charge in [-0.15, -0.1) is 0 Å². The van der Waals surface area contributed by atoms with Gasteiger partial charge in [0, 0.05) is 24.9 Å². The van der Waals surface area contributed by atoms with E-state index in [9.17, 15) is 27.9 Å². The zero-order chi connectivity index (χ0) is 27.1. The molecule has 3 heterocycles. The molecule has 38 heavy (non-hydrogen) atoms. The number of aromatic nitrogens is 2. The number of halogens is 3. The smallest absolute Gasteiger partial charge is 0.407 e. The molecule has 5 rings (SSSR count). The predicted molar refractivity (Wildman–Crippen MR) is 131 cm³/mol. The largest absolute Gasteiger partial charge is 0.495 e. The van der Waals surface area contributed by atoms with E-state index in [1.807, 2.05) is 29.8 Å². The van der Waals surface area contributed by atoms with Crippen molar-refractivity contribution in [3.63, 3.8) is 0 Å². The topological polar surface area (TPSA) is 87.9 Å². The number of carbonyl (C=O) groups excluding carboxylic acids is 1. The fraction of sp³-hybridized carbons (Fsp3) is 0.296. The van der Waals surface area contributed by atoms with E-state index in [1.54, 1.807) is 25.6 Å². The van der Waals surface area contributed by atoms with Crippen molar-refractivity contribution in [3.8, 4) is 11.4 Å². The number of benzene rings is 2. The molecular formula is C27H25F3N4O4. The molecule has 0 spiro atoms. The van der Waals surface area contributed by atoms with Crippen LogP contribution in [0.3, 0.4) is 0 Å².